The highest BCUT2D eigenvalue weighted by molar-refractivity contribution is 7.79. The van der Waals surface area contributed by atoms with Crippen LogP contribution >= 0.6 is 0 Å². The molecular weight excluding hydrogens is 152 g/mol. The SMILES string of the molecule is CS(=O)Oc1ncccn1. The summed E-state index contributed by atoms with van der Waals surface area (Å²) in [6.45, 7) is 0. The minimum atomic E-state index is -1.34. The first-order chi connectivity index (χ1) is 4.79. The molecule has 1 heterocycles. The van der Waals surface area contributed by atoms with Crippen LogP contribution in [0.5, 0.6) is 6.01 Å². The van der Waals surface area contributed by atoms with E-state index < -0.39 is 11.1 Å². The van der Waals surface area contributed by atoms with Gasteiger partial charge in [0.2, 0.25) is 11.1 Å². The van der Waals surface area contributed by atoms with Gasteiger partial charge in [-0.2, -0.15) is 0 Å². The highest BCUT2D eigenvalue weighted by Crippen LogP contribution is 1.97. The van der Waals surface area contributed by atoms with Crippen LogP contribution in [0.25, 0.3) is 0 Å². The van der Waals surface area contributed by atoms with Crippen molar-refractivity contribution in [1.82, 2.24) is 9.97 Å². The van der Waals surface area contributed by atoms with E-state index in [2.05, 4.69) is 14.2 Å². The Morgan fingerprint density at radius 2 is 2.10 bits per heavy atom. The zero-order chi connectivity index (χ0) is 7.40. The van der Waals surface area contributed by atoms with E-state index in [0.29, 0.717) is 0 Å². The Bertz CT molecular complexity index is 226. The summed E-state index contributed by atoms with van der Waals surface area (Å²) in [6, 6.07) is 1.80. The largest absolute Gasteiger partial charge is 0.362 e. The van der Waals surface area contributed by atoms with Crippen molar-refractivity contribution in [3.05, 3.63) is 18.5 Å². The van der Waals surface area contributed by atoms with Gasteiger partial charge in [0.1, 0.15) is 0 Å². The minimum absolute atomic E-state index is 0.142. The third-order valence-electron chi connectivity index (χ3n) is 0.734. The summed E-state index contributed by atoms with van der Waals surface area (Å²) in [4.78, 5) is 7.38. The molecule has 0 aliphatic heterocycles. The summed E-state index contributed by atoms with van der Waals surface area (Å²) in [5.74, 6) is 0. The second-order valence-electron chi connectivity index (χ2n) is 1.52. The van der Waals surface area contributed by atoms with Crippen LogP contribution in [-0.2, 0) is 11.1 Å². The Morgan fingerprint density at radius 1 is 1.50 bits per heavy atom. The van der Waals surface area contributed by atoms with Crippen molar-refractivity contribution in [3.63, 3.8) is 0 Å². The fourth-order valence-corrected chi connectivity index (χ4v) is 0.729. The zero-order valence-corrected chi connectivity index (χ0v) is 6.17. The second-order valence-corrected chi connectivity index (χ2v) is 2.49. The van der Waals surface area contributed by atoms with E-state index in [9.17, 15) is 4.21 Å². The zero-order valence-electron chi connectivity index (χ0n) is 5.35. The van der Waals surface area contributed by atoms with Gasteiger partial charge in [-0.25, -0.2) is 14.2 Å². The molecule has 0 amide bonds. The van der Waals surface area contributed by atoms with Gasteiger partial charge in [0.25, 0.3) is 0 Å². The summed E-state index contributed by atoms with van der Waals surface area (Å²) in [5.41, 5.74) is 0. The van der Waals surface area contributed by atoms with Gasteiger partial charge in [-0.15, -0.1) is 0 Å². The van der Waals surface area contributed by atoms with E-state index in [4.69, 9.17) is 0 Å². The fraction of sp³-hybridized carbons (Fsp3) is 0.200. The molecule has 54 valence electrons. The Labute approximate surface area is 60.9 Å². The molecule has 0 radical (unpaired) electrons. The van der Waals surface area contributed by atoms with Crippen molar-refractivity contribution < 1.29 is 8.39 Å². The van der Waals surface area contributed by atoms with Crippen molar-refractivity contribution >= 4 is 11.1 Å². The molecular formula is C5H6N2O2S. The van der Waals surface area contributed by atoms with Crippen LogP contribution in [-0.4, -0.2) is 20.4 Å². The third kappa shape index (κ3) is 2.10. The summed E-state index contributed by atoms with van der Waals surface area (Å²) in [5, 5.41) is 0. The maximum Gasteiger partial charge on any atom is 0.330 e. The molecule has 0 N–H and O–H groups in total. The summed E-state index contributed by atoms with van der Waals surface area (Å²) >= 11 is -1.34. The summed E-state index contributed by atoms with van der Waals surface area (Å²) < 4.78 is 15.1. The second kappa shape index (κ2) is 3.26. The average Bonchev–Trinajstić information content (AvgIpc) is 1.88. The Kier molecular flexibility index (Phi) is 2.33. The maximum absolute atomic E-state index is 10.4. The lowest BCUT2D eigenvalue weighted by Gasteiger charge is -1.94. The number of hydrogen-bond donors (Lipinski definition) is 0. The van der Waals surface area contributed by atoms with E-state index >= 15 is 0 Å². The highest BCUT2D eigenvalue weighted by Gasteiger charge is 1.95. The molecule has 0 aliphatic carbocycles. The molecule has 0 saturated carbocycles. The lowest BCUT2D eigenvalue weighted by atomic mass is 10.7. The summed E-state index contributed by atoms with van der Waals surface area (Å²) in [7, 11) is 0. The molecule has 1 atom stereocenters. The molecule has 0 fully saturated rings. The monoisotopic (exact) mass is 158 g/mol. The van der Waals surface area contributed by atoms with Gasteiger partial charge in [-0.3, -0.25) is 0 Å². The minimum Gasteiger partial charge on any atom is -0.362 e. The molecule has 1 aromatic rings. The quantitative estimate of drug-likeness (QED) is 0.614. The number of aromatic nitrogens is 2. The van der Waals surface area contributed by atoms with E-state index in [1.165, 1.54) is 18.6 Å². The van der Waals surface area contributed by atoms with Gasteiger partial charge in [-0.05, 0) is 6.07 Å². The first-order valence-corrected chi connectivity index (χ1v) is 4.06. The third-order valence-corrected chi connectivity index (χ3v) is 1.12. The van der Waals surface area contributed by atoms with Crippen LogP contribution in [0.3, 0.4) is 0 Å². The Morgan fingerprint density at radius 3 is 2.60 bits per heavy atom. The molecule has 0 saturated heterocycles. The lowest BCUT2D eigenvalue weighted by molar-refractivity contribution is 0.531. The molecule has 1 rings (SSSR count). The van der Waals surface area contributed by atoms with Crippen LogP contribution < -0.4 is 4.18 Å². The van der Waals surface area contributed by atoms with Crippen LogP contribution in [0.1, 0.15) is 0 Å². The molecule has 0 spiro atoms. The highest BCUT2D eigenvalue weighted by atomic mass is 32.2. The number of hydrogen-bond acceptors (Lipinski definition) is 4. The summed E-state index contributed by atoms with van der Waals surface area (Å²) in [6.07, 6.45) is 4.46. The molecule has 0 bridgehead atoms. The van der Waals surface area contributed by atoms with Crippen LogP contribution in [0.2, 0.25) is 0 Å². The molecule has 0 aromatic carbocycles. The molecule has 10 heavy (non-hydrogen) atoms. The topological polar surface area (TPSA) is 52.1 Å². The van der Waals surface area contributed by atoms with Gasteiger partial charge in [0.05, 0.1) is 0 Å². The van der Waals surface area contributed by atoms with Crippen molar-refractivity contribution in [1.29, 1.82) is 0 Å². The van der Waals surface area contributed by atoms with Gasteiger partial charge >= 0.3 is 6.01 Å². The van der Waals surface area contributed by atoms with Crippen LogP contribution in [0.4, 0.5) is 0 Å². The van der Waals surface area contributed by atoms with E-state index in [1.54, 1.807) is 6.07 Å². The number of rotatable bonds is 2. The lowest BCUT2D eigenvalue weighted by Crippen LogP contribution is -1.99. The van der Waals surface area contributed by atoms with Gasteiger partial charge < -0.3 is 4.18 Å². The van der Waals surface area contributed by atoms with Gasteiger partial charge in [-0.1, -0.05) is 0 Å². The number of nitrogens with zero attached hydrogens (tertiary/aromatic N) is 2. The van der Waals surface area contributed by atoms with E-state index in [-0.39, 0.29) is 6.01 Å². The first kappa shape index (κ1) is 7.14. The smallest absolute Gasteiger partial charge is 0.330 e. The molecule has 5 heteroatoms. The fourth-order valence-electron chi connectivity index (χ4n) is 0.433. The van der Waals surface area contributed by atoms with Gasteiger partial charge in [0, 0.05) is 18.6 Å². The maximum atomic E-state index is 10.4. The normalized spacial score (nSPS) is 12.5. The predicted molar refractivity (Wildman–Crippen MR) is 36.7 cm³/mol. The molecule has 4 nitrogen and oxygen atoms in total. The first-order valence-electron chi connectivity index (χ1n) is 2.58. The van der Waals surface area contributed by atoms with E-state index in [1.807, 2.05) is 0 Å². The Balaban J connectivity index is 2.67. The Hall–Kier alpha value is -0.970. The van der Waals surface area contributed by atoms with E-state index in [0.717, 1.165) is 0 Å². The average molecular weight is 158 g/mol. The molecule has 0 aliphatic rings. The van der Waals surface area contributed by atoms with Crippen molar-refractivity contribution in [3.8, 4) is 6.01 Å². The van der Waals surface area contributed by atoms with Gasteiger partial charge in [0.15, 0.2) is 0 Å². The van der Waals surface area contributed by atoms with Crippen LogP contribution in [0.15, 0.2) is 18.5 Å². The molecule has 1 unspecified atom stereocenters. The van der Waals surface area contributed by atoms with Crippen molar-refractivity contribution in [2.75, 3.05) is 6.26 Å². The van der Waals surface area contributed by atoms with Crippen molar-refractivity contribution in [2.45, 2.75) is 0 Å². The standard InChI is InChI=1S/C5H6N2O2S/c1-10(8)9-5-6-3-2-4-7-5/h2-4H,1H3. The van der Waals surface area contributed by atoms with Crippen molar-refractivity contribution in [2.24, 2.45) is 0 Å². The van der Waals surface area contributed by atoms with Crippen LogP contribution in [0, 0.1) is 0 Å². The molecule has 1 aromatic heterocycles. The predicted octanol–water partition coefficient (Wildman–Crippen LogP) is 0.149.